The lowest BCUT2D eigenvalue weighted by Gasteiger charge is -2.11. The van der Waals surface area contributed by atoms with Crippen LogP contribution in [-0.4, -0.2) is 26.6 Å². The molecule has 0 aliphatic heterocycles. The fourth-order valence-corrected chi connectivity index (χ4v) is 4.10. The van der Waals surface area contributed by atoms with Gasteiger partial charge in [-0.25, -0.2) is 0 Å². The number of nitrogens with zero attached hydrogens (tertiary/aromatic N) is 3. The number of hydrogen-bond acceptors (Lipinski definition) is 7. The van der Waals surface area contributed by atoms with E-state index in [-0.39, 0.29) is 11.7 Å². The van der Waals surface area contributed by atoms with Crippen LogP contribution in [0, 0.1) is 0 Å². The first-order chi connectivity index (χ1) is 16.0. The van der Waals surface area contributed by atoms with E-state index in [1.54, 1.807) is 12.1 Å². The van der Waals surface area contributed by atoms with Crippen molar-refractivity contribution in [2.24, 2.45) is 0 Å². The zero-order valence-electron chi connectivity index (χ0n) is 17.1. The van der Waals surface area contributed by atoms with Gasteiger partial charge in [-0.1, -0.05) is 75.7 Å². The molecule has 3 N–H and O–H groups in total. The molecule has 1 amide bonds. The van der Waals surface area contributed by atoms with Gasteiger partial charge in [0.2, 0.25) is 17.8 Å². The lowest BCUT2D eigenvalue weighted by molar-refractivity contribution is -0.113. The van der Waals surface area contributed by atoms with Gasteiger partial charge in [0, 0.05) is 15.8 Å². The molecule has 4 rings (SSSR count). The summed E-state index contributed by atoms with van der Waals surface area (Å²) in [4.78, 5) is 25.8. The number of carbonyl (C=O) groups excluding carboxylic acids is 1. The Morgan fingerprint density at radius 3 is 1.97 bits per heavy atom. The molecule has 1 aromatic heterocycles. The molecule has 0 bridgehead atoms. The van der Waals surface area contributed by atoms with Crippen molar-refractivity contribution in [3.63, 3.8) is 0 Å². The van der Waals surface area contributed by atoms with Crippen LogP contribution >= 0.6 is 39.3 Å². The van der Waals surface area contributed by atoms with Crippen molar-refractivity contribution in [3.8, 4) is 0 Å². The van der Waals surface area contributed by atoms with Crippen molar-refractivity contribution in [1.29, 1.82) is 0 Å². The molecule has 10 heteroatoms. The van der Waals surface area contributed by atoms with Gasteiger partial charge in [-0.3, -0.25) is 4.79 Å². The molecule has 0 aliphatic carbocycles. The number of hydrogen-bond donors (Lipinski definition) is 3. The monoisotopic (exact) mass is 540 g/mol. The van der Waals surface area contributed by atoms with Crippen LogP contribution in [0.5, 0.6) is 0 Å². The Morgan fingerprint density at radius 2 is 1.42 bits per heavy atom. The summed E-state index contributed by atoms with van der Waals surface area (Å²) < 4.78 is 0.835. The van der Waals surface area contributed by atoms with Crippen LogP contribution in [0.4, 0.5) is 29.0 Å². The quantitative estimate of drug-likeness (QED) is 0.219. The van der Waals surface area contributed by atoms with E-state index in [1.165, 1.54) is 11.8 Å². The van der Waals surface area contributed by atoms with E-state index in [0.717, 1.165) is 15.8 Å². The molecule has 1 heterocycles. The number of anilines is 5. The van der Waals surface area contributed by atoms with Gasteiger partial charge < -0.3 is 16.0 Å². The molecule has 0 spiro atoms. The maximum atomic E-state index is 12.5. The second kappa shape index (κ2) is 11.1. The molecule has 4 aromatic rings. The number of benzene rings is 3. The summed E-state index contributed by atoms with van der Waals surface area (Å²) in [6.45, 7) is 0. The highest BCUT2D eigenvalue weighted by atomic mass is 79.9. The van der Waals surface area contributed by atoms with E-state index in [9.17, 15) is 4.79 Å². The molecule has 33 heavy (non-hydrogen) atoms. The lowest BCUT2D eigenvalue weighted by atomic mass is 10.3. The Bertz CT molecular complexity index is 1190. The van der Waals surface area contributed by atoms with Crippen LogP contribution in [0.25, 0.3) is 0 Å². The van der Waals surface area contributed by atoms with Gasteiger partial charge in [0.25, 0.3) is 0 Å². The Morgan fingerprint density at radius 1 is 0.848 bits per heavy atom. The molecule has 0 saturated carbocycles. The maximum absolute atomic E-state index is 12.5. The van der Waals surface area contributed by atoms with Gasteiger partial charge in [-0.2, -0.15) is 15.0 Å². The highest BCUT2D eigenvalue weighted by molar-refractivity contribution is 9.10. The first-order valence-corrected chi connectivity index (χ1v) is 12.0. The van der Waals surface area contributed by atoms with E-state index in [0.29, 0.717) is 27.8 Å². The fourth-order valence-electron chi connectivity index (χ4n) is 2.74. The Kier molecular flexibility index (Phi) is 7.77. The van der Waals surface area contributed by atoms with Crippen molar-refractivity contribution in [2.75, 3.05) is 21.7 Å². The van der Waals surface area contributed by atoms with E-state index in [4.69, 9.17) is 11.6 Å². The summed E-state index contributed by atoms with van der Waals surface area (Å²) in [7, 11) is 0. The minimum absolute atomic E-state index is 0.103. The molecule has 166 valence electrons. The minimum atomic E-state index is -0.222. The van der Waals surface area contributed by atoms with Gasteiger partial charge >= 0.3 is 0 Å². The number of thioether (sulfide) groups is 1. The van der Waals surface area contributed by atoms with Gasteiger partial charge in [0.1, 0.15) is 0 Å². The van der Waals surface area contributed by atoms with Crippen LogP contribution in [0.15, 0.2) is 88.5 Å². The predicted molar refractivity (Wildman–Crippen MR) is 138 cm³/mol. The number of carbonyl (C=O) groups is 1. The molecular formula is C23H18BrClN6OS. The third-order valence-corrected chi connectivity index (χ3v) is 5.87. The molecule has 0 fully saturated rings. The molecule has 0 unspecified atom stereocenters. The third-order valence-electron chi connectivity index (χ3n) is 4.21. The number of aromatic nitrogens is 3. The standard InChI is InChI=1S/C23H18BrClN6OS/c24-15-11-12-19(18(25)13-15)28-20(32)14-33-23-30-21(26-16-7-3-1-4-8-16)29-22(31-23)27-17-9-5-2-6-10-17/h1-13H,14H2,(H,28,32)(H2,26,27,29,30,31). The predicted octanol–water partition coefficient (Wildman–Crippen LogP) is 6.51. The second-order valence-corrected chi connectivity index (χ2v) is 8.97. The summed E-state index contributed by atoms with van der Waals surface area (Å²) in [6.07, 6.45) is 0. The second-order valence-electron chi connectivity index (χ2n) is 6.71. The molecule has 0 atom stereocenters. The van der Waals surface area contributed by atoms with Gasteiger partial charge in [-0.15, -0.1) is 0 Å². The van der Waals surface area contributed by atoms with Gasteiger partial charge in [0.05, 0.1) is 16.5 Å². The highest BCUT2D eigenvalue weighted by Gasteiger charge is 2.12. The van der Waals surface area contributed by atoms with Crippen LogP contribution in [0.2, 0.25) is 5.02 Å². The Hall–Kier alpha value is -3.14. The van der Waals surface area contributed by atoms with E-state index in [1.807, 2.05) is 66.7 Å². The van der Waals surface area contributed by atoms with Crippen LogP contribution in [-0.2, 0) is 4.79 Å². The van der Waals surface area contributed by atoms with Crippen molar-refractivity contribution < 1.29 is 4.79 Å². The number of halogens is 2. The van der Waals surface area contributed by atoms with Crippen LogP contribution in [0.3, 0.4) is 0 Å². The average Bonchev–Trinajstić information content (AvgIpc) is 2.81. The molecule has 7 nitrogen and oxygen atoms in total. The summed E-state index contributed by atoms with van der Waals surface area (Å²) in [6, 6.07) is 24.4. The SMILES string of the molecule is O=C(CSc1nc(Nc2ccccc2)nc(Nc2ccccc2)n1)Nc1ccc(Br)cc1Cl. The van der Waals surface area contributed by atoms with Crippen molar-refractivity contribution in [2.45, 2.75) is 5.16 Å². The summed E-state index contributed by atoms with van der Waals surface area (Å²) in [5, 5.41) is 10.00. The summed E-state index contributed by atoms with van der Waals surface area (Å²) in [5.41, 5.74) is 2.22. The Labute approximate surface area is 208 Å². The zero-order chi connectivity index (χ0) is 23.0. The van der Waals surface area contributed by atoms with Crippen LogP contribution in [0.1, 0.15) is 0 Å². The van der Waals surface area contributed by atoms with Crippen molar-refractivity contribution >= 4 is 74.2 Å². The minimum Gasteiger partial charge on any atom is -0.324 e. The van der Waals surface area contributed by atoms with E-state index < -0.39 is 0 Å². The molecule has 0 radical (unpaired) electrons. The maximum Gasteiger partial charge on any atom is 0.234 e. The van der Waals surface area contributed by atoms with Gasteiger partial charge in [0.15, 0.2) is 5.16 Å². The fraction of sp³-hybridized carbons (Fsp3) is 0.0435. The summed E-state index contributed by atoms with van der Waals surface area (Å²) in [5.74, 6) is 0.619. The number of rotatable bonds is 8. The van der Waals surface area contributed by atoms with Crippen molar-refractivity contribution in [1.82, 2.24) is 15.0 Å². The first-order valence-electron chi connectivity index (χ1n) is 9.83. The topological polar surface area (TPSA) is 91.8 Å². The molecular weight excluding hydrogens is 524 g/mol. The first kappa shape index (κ1) is 23.0. The smallest absolute Gasteiger partial charge is 0.234 e. The largest absolute Gasteiger partial charge is 0.324 e. The van der Waals surface area contributed by atoms with E-state index >= 15 is 0 Å². The normalized spacial score (nSPS) is 10.5. The lowest BCUT2D eigenvalue weighted by Crippen LogP contribution is -2.15. The van der Waals surface area contributed by atoms with Crippen LogP contribution < -0.4 is 16.0 Å². The zero-order valence-corrected chi connectivity index (χ0v) is 20.3. The number of para-hydroxylation sites is 2. The average molecular weight is 542 g/mol. The Balaban J connectivity index is 1.49. The van der Waals surface area contributed by atoms with E-state index in [2.05, 4.69) is 46.8 Å². The highest BCUT2D eigenvalue weighted by Crippen LogP contribution is 2.26. The molecule has 3 aromatic carbocycles. The molecule has 0 saturated heterocycles. The number of amides is 1. The van der Waals surface area contributed by atoms with Gasteiger partial charge in [-0.05, 0) is 42.5 Å². The summed E-state index contributed by atoms with van der Waals surface area (Å²) >= 11 is 10.7. The molecule has 0 aliphatic rings. The number of nitrogens with one attached hydrogen (secondary N) is 3. The van der Waals surface area contributed by atoms with Crippen molar-refractivity contribution in [3.05, 3.63) is 88.4 Å². The third kappa shape index (κ3) is 6.92.